The van der Waals surface area contributed by atoms with Gasteiger partial charge in [-0.2, -0.15) is 0 Å². The number of ether oxygens (including phenoxy) is 1. The number of amides is 1. The van der Waals surface area contributed by atoms with Crippen molar-refractivity contribution < 1.29 is 22.7 Å². The van der Waals surface area contributed by atoms with E-state index >= 15 is 0 Å². The van der Waals surface area contributed by atoms with Gasteiger partial charge < -0.3 is 15.5 Å². The molecule has 0 radical (unpaired) electrons. The van der Waals surface area contributed by atoms with E-state index in [4.69, 9.17) is 10.5 Å². The molecule has 1 aromatic carbocycles. The van der Waals surface area contributed by atoms with Crippen LogP contribution in [0.1, 0.15) is 53.4 Å². The molecule has 1 amide bonds. The third-order valence-electron chi connectivity index (χ3n) is 6.86. The lowest BCUT2D eigenvalue weighted by atomic mass is 9.88. The molecule has 1 aliphatic heterocycles. The number of primary amides is 1. The number of H-pyrrole nitrogens is 1. The Hall–Kier alpha value is -2.73. The Kier molecular flexibility index (Phi) is 8.37. The number of aromatic nitrogens is 1. The van der Waals surface area contributed by atoms with Gasteiger partial charge in [0.2, 0.25) is 10.0 Å². The average molecular weight is 547 g/mol. The predicted octanol–water partition coefficient (Wildman–Crippen LogP) is 3.52. The monoisotopic (exact) mass is 546 g/mol. The molecule has 4 rings (SSSR count). The highest BCUT2D eigenvalue weighted by molar-refractivity contribution is 7.89. The number of hydrogen-bond acceptors (Lipinski definition) is 7. The van der Waals surface area contributed by atoms with Crippen molar-refractivity contribution in [3.05, 3.63) is 45.8 Å². The Balaban J connectivity index is 1.60. The normalized spacial score (nSPS) is 15.5. The van der Waals surface area contributed by atoms with Crippen LogP contribution in [-0.4, -0.2) is 73.5 Å². The van der Waals surface area contributed by atoms with Gasteiger partial charge >= 0.3 is 5.97 Å². The van der Waals surface area contributed by atoms with Gasteiger partial charge in [0.1, 0.15) is 0 Å². The van der Waals surface area contributed by atoms with E-state index in [-0.39, 0.29) is 24.2 Å². The van der Waals surface area contributed by atoms with Crippen LogP contribution in [0.2, 0.25) is 0 Å². The number of carbonyl (C=O) groups is 2. The fraction of sp³-hybridized carbons (Fsp3) is 0.462. The molecule has 11 heteroatoms. The number of sulfonamides is 1. The maximum atomic E-state index is 12.4. The lowest BCUT2D eigenvalue weighted by molar-refractivity contribution is -0.144. The molecule has 1 fully saturated rings. The van der Waals surface area contributed by atoms with E-state index in [0.717, 1.165) is 39.8 Å². The zero-order chi connectivity index (χ0) is 26.7. The first-order valence-corrected chi connectivity index (χ1v) is 15.0. The van der Waals surface area contributed by atoms with Crippen LogP contribution in [0.3, 0.4) is 0 Å². The summed E-state index contributed by atoms with van der Waals surface area (Å²) in [6, 6.07) is 5.96. The highest BCUT2D eigenvalue weighted by Crippen LogP contribution is 2.38. The van der Waals surface area contributed by atoms with Crippen LogP contribution in [0.4, 0.5) is 0 Å². The van der Waals surface area contributed by atoms with E-state index in [9.17, 15) is 18.0 Å². The maximum Gasteiger partial charge on any atom is 0.320 e. The Labute approximate surface area is 221 Å². The Morgan fingerprint density at radius 2 is 1.92 bits per heavy atom. The third kappa shape index (κ3) is 6.06. The van der Waals surface area contributed by atoms with Crippen LogP contribution in [0.5, 0.6) is 0 Å². The summed E-state index contributed by atoms with van der Waals surface area (Å²) < 4.78 is 31.2. The van der Waals surface area contributed by atoms with Crippen LogP contribution >= 0.6 is 11.3 Å². The van der Waals surface area contributed by atoms with E-state index in [1.165, 1.54) is 0 Å². The minimum atomic E-state index is -3.20. The summed E-state index contributed by atoms with van der Waals surface area (Å²) in [7, 11) is -1.32. The predicted molar refractivity (Wildman–Crippen MR) is 146 cm³/mol. The van der Waals surface area contributed by atoms with Gasteiger partial charge in [-0.3, -0.25) is 14.5 Å². The molecule has 37 heavy (non-hydrogen) atoms. The molecule has 9 nitrogen and oxygen atoms in total. The maximum absolute atomic E-state index is 12.4. The molecule has 0 atom stereocenters. The molecular weight excluding hydrogens is 512 g/mol. The zero-order valence-corrected chi connectivity index (χ0v) is 23.1. The number of nitrogens with two attached hydrogens (primary N) is 1. The van der Waals surface area contributed by atoms with Crippen LogP contribution in [0, 0.1) is 0 Å². The van der Waals surface area contributed by atoms with Gasteiger partial charge in [-0.1, -0.05) is 0 Å². The summed E-state index contributed by atoms with van der Waals surface area (Å²) in [4.78, 5) is 30.4. The molecule has 0 bridgehead atoms. The number of carbonyl (C=O) groups excluding carboxylic acids is 2. The number of nitrogens with zero attached hydrogens (tertiary/aromatic N) is 2. The fourth-order valence-electron chi connectivity index (χ4n) is 4.94. The van der Waals surface area contributed by atoms with Gasteiger partial charge in [0.25, 0.3) is 5.91 Å². The van der Waals surface area contributed by atoms with Crippen LogP contribution in [0.15, 0.2) is 29.8 Å². The van der Waals surface area contributed by atoms with Gasteiger partial charge in [0.05, 0.1) is 30.0 Å². The van der Waals surface area contributed by atoms with Gasteiger partial charge in [-0.05, 0) is 79.9 Å². The average Bonchev–Trinajstić information content (AvgIpc) is 3.50. The van der Waals surface area contributed by atoms with Crippen molar-refractivity contribution >= 4 is 44.1 Å². The number of hydrogen-bond donors (Lipinski definition) is 2. The SMILES string of the molecule is CCOC(=O)CN(C)Cc1cc(-c2cc(C(N)=O)c3[nH]cc(C4CCN(S(=O)(=O)CC)CC4)c3c2)cs1. The quantitative estimate of drug-likeness (QED) is 0.375. The highest BCUT2D eigenvalue weighted by Gasteiger charge is 2.29. The third-order valence-corrected chi connectivity index (χ3v) is 9.66. The van der Waals surface area contributed by atoms with Crippen LogP contribution in [0.25, 0.3) is 22.0 Å². The standard InChI is InChI=1S/C26H34N4O5S2/c1-4-35-24(31)15-29(3)14-20-10-19(16-36-20)18-11-21-23(13-28-25(21)22(12-18)26(27)32)17-6-8-30(9-7-17)37(33,34)5-2/h10-13,16-17,28H,4-9,14-15H2,1-3H3,(H2,27,32). The number of thiophene rings is 1. The minimum absolute atomic E-state index is 0.108. The smallest absolute Gasteiger partial charge is 0.320 e. The van der Waals surface area contributed by atoms with Crippen LogP contribution in [-0.2, 0) is 26.1 Å². The molecular formula is C26H34N4O5S2. The largest absolute Gasteiger partial charge is 0.465 e. The second-order valence-corrected chi connectivity index (χ2v) is 12.7. The number of esters is 1. The van der Waals surface area contributed by atoms with Gasteiger partial charge in [0, 0.05) is 36.1 Å². The molecule has 1 saturated heterocycles. The van der Waals surface area contributed by atoms with Crippen molar-refractivity contribution in [3.63, 3.8) is 0 Å². The number of likely N-dealkylation sites (N-methyl/N-ethyl adjacent to an activating group) is 1. The Morgan fingerprint density at radius 3 is 2.57 bits per heavy atom. The van der Waals surface area contributed by atoms with Crippen molar-refractivity contribution in [2.45, 2.75) is 39.2 Å². The summed E-state index contributed by atoms with van der Waals surface area (Å²) >= 11 is 1.59. The fourth-order valence-corrected chi connectivity index (χ4v) is 7.05. The summed E-state index contributed by atoms with van der Waals surface area (Å²) in [6.07, 6.45) is 3.37. The first-order valence-electron chi connectivity index (χ1n) is 12.5. The molecule has 0 aliphatic carbocycles. The molecule has 0 spiro atoms. The number of piperidine rings is 1. The van der Waals surface area contributed by atoms with Crippen molar-refractivity contribution in [2.75, 3.05) is 39.0 Å². The van der Waals surface area contributed by atoms with E-state index < -0.39 is 15.9 Å². The van der Waals surface area contributed by atoms with Crippen molar-refractivity contribution in [3.8, 4) is 11.1 Å². The lowest BCUT2D eigenvalue weighted by Gasteiger charge is -2.31. The van der Waals surface area contributed by atoms with E-state index in [0.29, 0.717) is 37.3 Å². The Bertz CT molecular complexity index is 1390. The molecule has 3 aromatic rings. The highest BCUT2D eigenvalue weighted by atomic mass is 32.2. The van der Waals surface area contributed by atoms with Crippen molar-refractivity contribution in [2.24, 2.45) is 5.73 Å². The van der Waals surface area contributed by atoms with Gasteiger partial charge in [0.15, 0.2) is 0 Å². The second kappa shape index (κ2) is 11.3. The van der Waals surface area contributed by atoms with Gasteiger partial charge in [-0.25, -0.2) is 12.7 Å². The Morgan fingerprint density at radius 1 is 1.19 bits per heavy atom. The first kappa shape index (κ1) is 27.3. The van der Waals surface area contributed by atoms with E-state index in [1.807, 2.05) is 29.6 Å². The summed E-state index contributed by atoms with van der Waals surface area (Å²) in [5.74, 6) is -0.468. The number of fused-ring (bicyclic) bond motifs is 1. The second-order valence-electron chi connectivity index (χ2n) is 9.41. The van der Waals surface area contributed by atoms with Crippen molar-refractivity contribution in [1.82, 2.24) is 14.2 Å². The number of rotatable bonds is 10. The van der Waals surface area contributed by atoms with E-state index in [1.54, 1.807) is 29.5 Å². The molecule has 0 saturated carbocycles. The van der Waals surface area contributed by atoms with Crippen LogP contribution < -0.4 is 5.73 Å². The zero-order valence-electron chi connectivity index (χ0n) is 21.5. The van der Waals surface area contributed by atoms with Crippen molar-refractivity contribution in [1.29, 1.82) is 0 Å². The summed E-state index contributed by atoms with van der Waals surface area (Å²) in [6.45, 7) is 5.61. The topological polar surface area (TPSA) is 126 Å². The lowest BCUT2D eigenvalue weighted by Crippen LogP contribution is -2.38. The molecule has 3 heterocycles. The summed E-state index contributed by atoms with van der Waals surface area (Å²) in [5.41, 5.74) is 9.84. The molecule has 1 aliphatic rings. The number of nitrogens with one attached hydrogen (secondary N) is 1. The number of benzene rings is 1. The molecule has 0 unspecified atom stereocenters. The molecule has 3 N–H and O–H groups in total. The molecule has 200 valence electrons. The van der Waals surface area contributed by atoms with E-state index in [2.05, 4.69) is 17.1 Å². The minimum Gasteiger partial charge on any atom is -0.465 e. The summed E-state index contributed by atoms with van der Waals surface area (Å²) in [5, 5.41) is 2.98. The number of aromatic amines is 1. The van der Waals surface area contributed by atoms with Gasteiger partial charge in [-0.15, -0.1) is 11.3 Å². The first-order chi connectivity index (χ1) is 17.6. The molecule has 2 aromatic heterocycles.